The summed E-state index contributed by atoms with van der Waals surface area (Å²) < 4.78 is 5.17. The van der Waals surface area contributed by atoms with Gasteiger partial charge in [0, 0.05) is 20.2 Å². The number of ether oxygens (including phenoxy) is 1. The van der Waals surface area contributed by atoms with Gasteiger partial charge in [0.15, 0.2) is 6.29 Å². The summed E-state index contributed by atoms with van der Waals surface area (Å²) in [5.41, 5.74) is -0.504. The van der Waals surface area contributed by atoms with Crippen LogP contribution in [-0.2, 0) is 9.53 Å². The van der Waals surface area contributed by atoms with Crippen LogP contribution in [0, 0.1) is 0 Å². The number of nitrogens with zero attached hydrogens (tertiary/aromatic N) is 1. The Balaban J connectivity index is 2.54. The highest BCUT2D eigenvalue weighted by molar-refractivity contribution is 5.63. The summed E-state index contributed by atoms with van der Waals surface area (Å²) in [6, 6.07) is 0. The SMILES string of the molecule is CCN1CCC(C=O)(OC)C1. The molecule has 0 aromatic carbocycles. The lowest BCUT2D eigenvalue weighted by Gasteiger charge is -2.20. The first-order valence-electron chi connectivity index (χ1n) is 4.00. The van der Waals surface area contributed by atoms with E-state index in [0.29, 0.717) is 0 Å². The van der Waals surface area contributed by atoms with Gasteiger partial charge in [-0.1, -0.05) is 6.92 Å². The summed E-state index contributed by atoms with van der Waals surface area (Å²) in [6.45, 7) is 4.82. The number of aldehydes is 1. The maximum atomic E-state index is 10.7. The maximum absolute atomic E-state index is 10.7. The largest absolute Gasteiger partial charge is 0.369 e. The van der Waals surface area contributed by atoms with E-state index in [1.807, 2.05) is 0 Å². The van der Waals surface area contributed by atoms with Crippen molar-refractivity contribution in [1.29, 1.82) is 0 Å². The van der Waals surface area contributed by atoms with Gasteiger partial charge in [0.2, 0.25) is 0 Å². The fourth-order valence-electron chi connectivity index (χ4n) is 1.46. The van der Waals surface area contributed by atoms with Gasteiger partial charge in [-0.3, -0.25) is 0 Å². The van der Waals surface area contributed by atoms with Gasteiger partial charge in [0.1, 0.15) is 5.60 Å². The van der Waals surface area contributed by atoms with Gasteiger partial charge in [0.05, 0.1) is 0 Å². The molecule has 0 saturated carbocycles. The normalized spacial score (nSPS) is 32.5. The highest BCUT2D eigenvalue weighted by Crippen LogP contribution is 2.21. The van der Waals surface area contributed by atoms with Crippen LogP contribution in [0.4, 0.5) is 0 Å². The van der Waals surface area contributed by atoms with E-state index in [4.69, 9.17) is 4.74 Å². The van der Waals surface area contributed by atoms with Crippen LogP contribution in [0.5, 0.6) is 0 Å². The third-order valence-corrected chi connectivity index (χ3v) is 2.41. The molecule has 0 aromatic heterocycles. The van der Waals surface area contributed by atoms with Crippen LogP contribution in [0.2, 0.25) is 0 Å². The van der Waals surface area contributed by atoms with E-state index >= 15 is 0 Å². The summed E-state index contributed by atoms with van der Waals surface area (Å²) in [5, 5.41) is 0. The lowest BCUT2D eigenvalue weighted by molar-refractivity contribution is -0.126. The number of carbonyl (C=O) groups excluding carboxylic acids is 1. The Hall–Kier alpha value is -0.410. The fourth-order valence-corrected chi connectivity index (χ4v) is 1.46. The highest BCUT2D eigenvalue weighted by atomic mass is 16.5. The molecule has 0 aromatic rings. The van der Waals surface area contributed by atoms with Gasteiger partial charge >= 0.3 is 0 Å². The standard InChI is InChI=1S/C8H15NO2/c1-3-9-5-4-8(6-9,7-10)11-2/h7H,3-6H2,1-2H3. The third kappa shape index (κ3) is 1.60. The average Bonchev–Trinajstić information content (AvgIpc) is 2.49. The Bertz CT molecular complexity index is 149. The van der Waals surface area contributed by atoms with Crippen molar-refractivity contribution in [2.75, 3.05) is 26.7 Å². The van der Waals surface area contributed by atoms with Crippen molar-refractivity contribution in [3.63, 3.8) is 0 Å². The molecular formula is C8H15NO2. The molecule has 0 spiro atoms. The van der Waals surface area contributed by atoms with Gasteiger partial charge in [-0.25, -0.2) is 0 Å². The van der Waals surface area contributed by atoms with Crippen LogP contribution in [0.3, 0.4) is 0 Å². The summed E-state index contributed by atoms with van der Waals surface area (Å²) in [4.78, 5) is 12.9. The fraction of sp³-hybridized carbons (Fsp3) is 0.875. The zero-order valence-electron chi connectivity index (χ0n) is 7.17. The van der Waals surface area contributed by atoms with Crippen molar-refractivity contribution in [1.82, 2.24) is 4.90 Å². The summed E-state index contributed by atoms with van der Waals surface area (Å²) in [7, 11) is 1.60. The molecule has 64 valence electrons. The second-order valence-electron chi connectivity index (χ2n) is 3.01. The minimum absolute atomic E-state index is 0.504. The van der Waals surface area contributed by atoms with Crippen molar-refractivity contribution >= 4 is 6.29 Å². The molecule has 0 amide bonds. The number of hydrogen-bond acceptors (Lipinski definition) is 3. The van der Waals surface area contributed by atoms with Crippen molar-refractivity contribution < 1.29 is 9.53 Å². The third-order valence-electron chi connectivity index (χ3n) is 2.41. The molecule has 0 N–H and O–H groups in total. The quantitative estimate of drug-likeness (QED) is 0.552. The Morgan fingerprint density at radius 1 is 1.73 bits per heavy atom. The van der Waals surface area contributed by atoms with Crippen LogP contribution in [0.1, 0.15) is 13.3 Å². The molecule has 1 saturated heterocycles. The topological polar surface area (TPSA) is 29.5 Å². The van der Waals surface area contributed by atoms with Crippen LogP contribution >= 0.6 is 0 Å². The Morgan fingerprint density at radius 2 is 2.45 bits per heavy atom. The first-order valence-corrected chi connectivity index (χ1v) is 4.00. The van der Waals surface area contributed by atoms with Crippen LogP contribution in [-0.4, -0.2) is 43.5 Å². The first-order chi connectivity index (χ1) is 5.26. The number of carbonyl (C=O) groups is 1. The molecule has 3 nitrogen and oxygen atoms in total. The smallest absolute Gasteiger partial charge is 0.153 e. The summed E-state index contributed by atoms with van der Waals surface area (Å²) >= 11 is 0. The van der Waals surface area contributed by atoms with Gasteiger partial charge in [-0.05, 0) is 13.0 Å². The second-order valence-corrected chi connectivity index (χ2v) is 3.01. The van der Waals surface area contributed by atoms with E-state index in [9.17, 15) is 4.79 Å². The molecule has 3 heteroatoms. The highest BCUT2D eigenvalue weighted by Gasteiger charge is 2.37. The van der Waals surface area contributed by atoms with Gasteiger partial charge in [-0.2, -0.15) is 0 Å². The molecule has 0 aliphatic carbocycles. The minimum Gasteiger partial charge on any atom is -0.369 e. The van der Waals surface area contributed by atoms with Crippen molar-refractivity contribution in [2.45, 2.75) is 18.9 Å². The number of likely N-dealkylation sites (N-methyl/N-ethyl adjacent to an activating group) is 1. The average molecular weight is 157 g/mol. The van der Waals surface area contributed by atoms with Crippen LogP contribution in [0.25, 0.3) is 0 Å². The van der Waals surface area contributed by atoms with Crippen molar-refractivity contribution in [2.24, 2.45) is 0 Å². The molecule has 1 fully saturated rings. The lowest BCUT2D eigenvalue weighted by Crippen LogP contribution is -2.36. The Kier molecular flexibility index (Phi) is 2.62. The van der Waals surface area contributed by atoms with Gasteiger partial charge in [-0.15, -0.1) is 0 Å². The molecule has 1 aliphatic heterocycles. The van der Waals surface area contributed by atoms with E-state index in [0.717, 1.165) is 32.3 Å². The molecular weight excluding hydrogens is 142 g/mol. The van der Waals surface area contributed by atoms with E-state index in [2.05, 4.69) is 11.8 Å². The number of likely N-dealkylation sites (tertiary alicyclic amines) is 1. The predicted octanol–water partition coefficient (Wildman–Crippen LogP) is 0.296. The van der Waals surface area contributed by atoms with Gasteiger partial charge < -0.3 is 14.4 Å². The molecule has 0 bridgehead atoms. The van der Waals surface area contributed by atoms with Crippen LogP contribution in [0.15, 0.2) is 0 Å². The van der Waals surface area contributed by atoms with E-state index < -0.39 is 5.60 Å². The molecule has 11 heavy (non-hydrogen) atoms. The molecule has 1 rings (SSSR count). The first kappa shape index (κ1) is 8.68. The molecule has 1 atom stereocenters. The van der Waals surface area contributed by atoms with Gasteiger partial charge in [0.25, 0.3) is 0 Å². The van der Waals surface area contributed by atoms with Crippen molar-refractivity contribution in [3.8, 4) is 0 Å². The van der Waals surface area contributed by atoms with Crippen LogP contribution < -0.4 is 0 Å². The zero-order chi connectivity index (χ0) is 8.32. The molecule has 1 aliphatic rings. The molecule has 1 unspecified atom stereocenters. The van der Waals surface area contributed by atoms with Crippen molar-refractivity contribution in [3.05, 3.63) is 0 Å². The Morgan fingerprint density at radius 3 is 2.73 bits per heavy atom. The van der Waals surface area contributed by atoms with E-state index in [1.54, 1.807) is 7.11 Å². The molecule has 0 radical (unpaired) electrons. The summed E-state index contributed by atoms with van der Waals surface area (Å²) in [6.07, 6.45) is 1.77. The zero-order valence-corrected chi connectivity index (χ0v) is 7.17. The number of methoxy groups -OCH3 is 1. The second kappa shape index (κ2) is 3.32. The molecule has 1 heterocycles. The predicted molar refractivity (Wildman–Crippen MR) is 42.5 cm³/mol. The van der Waals surface area contributed by atoms with E-state index in [-0.39, 0.29) is 0 Å². The maximum Gasteiger partial charge on any atom is 0.153 e. The monoisotopic (exact) mass is 157 g/mol. The Labute approximate surface area is 67.3 Å². The number of hydrogen-bond donors (Lipinski definition) is 0. The summed E-state index contributed by atoms with van der Waals surface area (Å²) in [5.74, 6) is 0. The number of rotatable bonds is 3. The minimum atomic E-state index is -0.504. The lowest BCUT2D eigenvalue weighted by atomic mass is 10.1. The van der Waals surface area contributed by atoms with E-state index in [1.165, 1.54) is 0 Å².